The van der Waals surface area contributed by atoms with Crippen molar-refractivity contribution < 1.29 is 0 Å². The molecule has 1 aliphatic rings. The molecule has 0 aliphatic carbocycles. The van der Waals surface area contributed by atoms with Crippen LogP contribution in [0.1, 0.15) is 24.1 Å². The molecule has 0 N–H and O–H groups in total. The Labute approximate surface area is 130 Å². The average molecular weight is 295 g/mol. The van der Waals surface area contributed by atoms with Gasteiger partial charge >= 0.3 is 0 Å². The van der Waals surface area contributed by atoms with Crippen molar-refractivity contribution in [1.82, 2.24) is 23.8 Å². The van der Waals surface area contributed by atoms with Gasteiger partial charge in [-0.25, -0.2) is 9.97 Å². The minimum atomic E-state index is 0.588. The molecule has 5 heteroatoms. The van der Waals surface area contributed by atoms with E-state index in [1.54, 1.807) is 0 Å². The normalized spacial score (nSPS) is 19.2. The first kappa shape index (κ1) is 13.5. The number of nitrogens with zero attached hydrogens (tertiary/aromatic N) is 5. The van der Waals surface area contributed by atoms with Crippen molar-refractivity contribution in [1.29, 1.82) is 0 Å². The molecule has 1 fully saturated rings. The Morgan fingerprint density at radius 2 is 2.27 bits per heavy atom. The van der Waals surface area contributed by atoms with Crippen LogP contribution < -0.4 is 0 Å². The summed E-state index contributed by atoms with van der Waals surface area (Å²) >= 11 is 0. The minimum Gasteiger partial charge on any atom is -0.336 e. The molecule has 1 saturated heterocycles. The molecule has 0 amide bonds. The van der Waals surface area contributed by atoms with Crippen LogP contribution in [0.25, 0.3) is 5.65 Å². The molecule has 0 bridgehead atoms. The summed E-state index contributed by atoms with van der Waals surface area (Å²) in [6, 6.07) is 4.80. The van der Waals surface area contributed by atoms with Gasteiger partial charge in [-0.15, -0.1) is 0 Å². The molecular weight excluding hydrogens is 274 g/mol. The molecule has 1 atom stereocenters. The van der Waals surface area contributed by atoms with Crippen LogP contribution in [0.4, 0.5) is 0 Å². The number of hydrogen-bond acceptors (Lipinski definition) is 3. The lowest BCUT2D eigenvalue weighted by molar-refractivity contribution is 0.221. The van der Waals surface area contributed by atoms with E-state index in [1.807, 2.05) is 24.9 Å². The van der Waals surface area contributed by atoms with Crippen LogP contribution in [0.2, 0.25) is 0 Å². The van der Waals surface area contributed by atoms with Crippen LogP contribution in [-0.2, 0) is 13.1 Å². The van der Waals surface area contributed by atoms with E-state index in [0.717, 1.165) is 18.7 Å². The second-order valence-corrected chi connectivity index (χ2v) is 6.16. The van der Waals surface area contributed by atoms with Crippen LogP contribution in [0.5, 0.6) is 0 Å². The lowest BCUT2D eigenvalue weighted by Gasteiger charge is -2.24. The smallest absolute Gasteiger partial charge is 0.139 e. The maximum Gasteiger partial charge on any atom is 0.139 e. The fourth-order valence-electron chi connectivity index (χ4n) is 3.48. The van der Waals surface area contributed by atoms with E-state index in [2.05, 4.69) is 49.1 Å². The van der Waals surface area contributed by atoms with Crippen molar-refractivity contribution in [2.75, 3.05) is 6.54 Å². The molecular formula is C17H21N5. The Balaban J connectivity index is 1.55. The number of fused-ring (bicyclic) bond motifs is 1. The van der Waals surface area contributed by atoms with E-state index >= 15 is 0 Å². The van der Waals surface area contributed by atoms with Crippen molar-refractivity contribution in [2.24, 2.45) is 0 Å². The Morgan fingerprint density at radius 3 is 3.14 bits per heavy atom. The second-order valence-electron chi connectivity index (χ2n) is 6.16. The van der Waals surface area contributed by atoms with Crippen LogP contribution in [0.3, 0.4) is 0 Å². The maximum atomic E-state index is 4.58. The molecule has 3 aromatic rings. The van der Waals surface area contributed by atoms with E-state index in [0.29, 0.717) is 6.04 Å². The van der Waals surface area contributed by atoms with E-state index in [1.165, 1.54) is 30.6 Å². The number of rotatable bonds is 4. The van der Waals surface area contributed by atoms with Gasteiger partial charge in [-0.1, -0.05) is 6.07 Å². The van der Waals surface area contributed by atoms with Gasteiger partial charge in [0.15, 0.2) is 0 Å². The summed E-state index contributed by atoms with van der Waals surface area (Å²) in [5.41, 5.74) is 3.57. The number of aromatic nitrogens is 4. The topological polar surface area (TPSA) is 38.4 Å². The van der Waals surface area contributed by atoms with Crippen LogP contribution >= 0.6 is 0 Å². The second kappa shape index (κ2) is 5.57. The summed E-state index contributed by atoms with van der Waals surface area (Å²) < 4.78 is 4.41. The summed E-state index contributed by atoms with van der Waals surface area (Å²) in [6.45, 7) is 5.27. The van der Waals surface area contributed by atoms with Crippen molar-refractivity contribution in [3.05, 3.63) is 54.5 Å². The monoisotopic (exact) mass is 295 g/mol. The lowest BCUT2D eigenvalue weighted by atomic mass is 10.2. The number of hydrogen-bond donors (Lipinski definition) is 0. The molecule has 114 valence electrons. The van der Waals surface area contributed by atoms with Gasteiger partial charge in [-0.2, -0.15) is 0 Å². The third kappa shape index (κ3) is 2.41. The Hall–Kier alpha value is -2.14. The standard InChI is InChI=1S/C17H21N5/c1-14-4-2-8-22-16(10-19-17(14)22)12-21-7-3-5-15(21)11-20-9-6-18-13-20/h2,4,6,8-10,13,15H,3,5,7,11-12H2,1H3/t15-/m1/s1. The maximum absolute atomic E-state index is 4.58. The molecule has 3 aromatic heterocycles. The molecule has 4 heterocycles. The minimum absolute atomic E-state index is 0.588. The zero-order valence-electron chi connectivity index (χ0n) is 12.9. The fraction of sp³-hybridized carbons (Fsp3) is 0.412. The summed E-state index contributed by atoms with van der Waals surface area (Å²) in [5, 5.41) is 0. The molecule has 4 rings (SSSR count). The number of pyridine rings is 1. The van der Waals surface area contributed by atoms with Gasteiger partial charge < -0.3 is 8.97 Å². The zero-order chi connectivity index (χ0) is 14.9. The molecule has 0 aromatic carbocycles. The van der Waals surface area contributed by atoms with Gasteiger partial charge in [0.05, 0.1) is 18.2 Å². The van der Waals surface area contributed by atoms with Gasteiger partial charge in [0.2, 0.25) is 0 Å². The summed E-state index contributed by atoms with van der Waals surface area (Å²) in [5.74, 6) is 0. The first-order valence-corrected chi connectivity index (χ1v) is 7.92. The van der Waals surface area contributed by atoms with Gasteiger partial charge in [-0.05, 0) is 37.9 Å². The van der Waals surface area contributed by atoms with E-state index in [4.69, 9.17) is 0 Å². The Kier molecular flexibility index (Phi) is 3.42. The highest BCUT2D eigenvalue weighted by Crippen LogP contribution is 2.22. The van der Waals surface area contributed by atoms with Crippen LogP contribution in [0, 0.1) is 6.92 Å². The van der Waals surface area contributed by atoms with Gasteiger partial charge in [-0.3, -0.25) is 4.90 Å². The Bertz CT molecular complexity index is 759. The highest BCUT2D eigenvalue weighted by Gasteiger charge is 2.25. The predicted molar refractivity (Wildman–Crippen MR) is 85.6 cm³/mol. The molecule has 0 spiro atoms. The van der Waals surface area contributed by atoms with E-state index in [9.17, 15) is 0 Å². The van der Waals surface area contributed by atoms with Gasteiger partial charge in [0.25, 0.3) is 0 Å². The van der Waals surface area contributed by atoms with Crippen molar-refractivity contribution in [3.63, 3.8) is 0 Å². The number of imidazole rings is 2. The third-order valence-electron chi connectivity index (χ3n) is 4.65. The first-order chi connectivity index (χ1) is 10.8. The fourth-order valence-corrected chi connectivity index (χ4v) is 3.48. The summed E-state index contributed by atoms with van der Waals surface area (Å²) in [7, 11) is 0. The van der Waals surface area contributed by atoms with Crippen molar-refractivity contribution in [3.8, 4) is 0 Å². The highest BCUT2D eigenvalue weighted by atomic mass is 15.2. The van der Waals surface area contributed by atoms with Crippen molar-refractivity contribution in [2.45, 2.75) is 38.9 Å². The average Bonchev–Trinajstić information content (AvgIpc) is 3.24. The largest absolute Gasteiger partial charge is 0.336 e. The van der Waals surface area contributed by atoms with E-state index < -0.39 is 0 Å². The van der Waals surface area contributed by atoms with Gasteiger partial charge in [0.1, 0.15) is 5.65 Å². The summed E-state index contributed by atoms with van der Waals surface area (Å²) in [4.78, 5) is 11.3. The zero-order valence-corrected chi connectivity index (χ0v) is 12.9. The van der Waals surface area contributed by atoms with Crippen LogP contribution in [0.15, 0.2) is 43.2 Å². The number of aryl methyl sites for hydroxylation is 1. The Morgan fingerprint density at radius 1 is 1.32 bits per heavy atom. The summed E-state index contributed by atoms with van der Waals surface area (Å²) in [6.07, 6.45) is 12.5. The van der Waals surface area contributed by atoms with Crippen molar-refractivity contribution >= 4 is 5.65 Å². The molecule has 22 heavy (non-hydrogen) atoms. The molecule has 0 radical (unpaired) electrons. The SMILES string of the molecule is Cc1cccn2c(CN3CCC[C@@H]3Cn3ccnc3)cnc12. The third-order valence-corrected chi connectivity index (χ3v) is 4.65. The molecule has 5 nitrogen and oxygen atoms in total. The highest BCUT2D eigenvalue weighted by molar-refractivity contribution is 5.48. The quantitative estimate of drug-likeness (QED) is 0.742. The van der Waals surface area contributed by atoms with E-state index in [-0.39, 0.29) is 0 Å². The first-order valence-electron chi connectivity index (χ1n) is 7.92. The molecule has 0 unspecified atom stereocenters. The molecule has 0 saturated carbocycles. The van der Waals surface area contributed by atoms with Gasteiger partial charge in [0, 0.05) is 37.7 Å². The lowest BCUT2D eigenvalue weighted by Crippen LogP contribution is -2.32. The van der Waals surface area contributed by atoms with Crippen LogP contribution in [-0.4, -0.2) is 36.4 Å². The predicted octanol–water partition coefficient (Wildman–Crippen LogP) is 2.50. The number of likely N-dealkylation sites (tertiary alicyclic amines) is 1. The molecule has 1 aliphatic heterocycles.